The number of halogens is 2. The first-order valence-electron chi connectivity index (χ1n) is 7.21. The fourth-order valence-electron chi connectivity index (χ4n) is 2.86. The van der Waals surface area contributed by atoms with Gasteiger partial charge >= 0.3 is 7.05 Å². The smallest absolute Gasteiger partial charge is 0.377 e. The van der Waals surface area contributed by atoms with Crippen molar-refractivity contribution in [2.75, 3.05) is 6.54 Å². The molecule has 112 valence electrons. The zero-order valence-corrected chi connectivity index (χ0v) is 12.2. The van der Waals surface area contributed by atoms with E-state index >= 15 is 0 Å². The lowest BCUT2D eigenvalue weighted by molar-refractivity contribution is 0.371. The Labute approximate surface area is 128 Å². The number of hydrogen-bond donors (Lipinski definition) is 1. The molecule has 0 saturated heterocycles. The van der Waals surface area contributed by atoms with Gasteiger partial charge in [0.2, 0.25) is 0 Å². The Morgan fingerprint density at radius 3 is 2.55 bits per heavy atom. The highest BCUT2D eigenvalue weighted by Crippen LogP contribution is 2.35. The maximum absolute atomic E-state index is 14.0. The first-order chi connectivity index (χ1) is 10.6. The SMILES string of the molecule is CB(O)N1CC(c2cc(F)ccc2F)=C[C@H]1c1ccccc1. The molecule has 1 N–H and O–H groups in total. The molecule has 0 radical (unpaired) electrons. The van der Waals surface area contributed by atoms with Crippen molar-refractivity contribution in [1.29, 1.82) is 0 Å². The Bertz CT molecular complexity index is 703. The van der Waals surface area contributed by atoms with Gasteiger partial charge in [-0.15, -0.1) is 0 Å². The highest BCUT2D eigenvalue weighted by molar-refractivity contribution is 6.45. The minimum absolute atomic E-state index is 0.154. The molecular weight excluding hydrogens is 283 g/mol. The van der Waals surface area contributed by atoms with E-state index in [1.54, 1.807) is 6.82 Å². The average Bonchev–Trinajstić information content (AvgIpc) is 2.96. The van der Waals surface area contributed by atoms with Crippen molar-refractivity contribution >= 4 is 12.6 Å². The number of nitrogens with zero attached hydrogens (tertiary/aromatic N) is 1. The third kappa shape index (κ3) is 2.82. The Balaban J connectivity index is 2.01. The van der Waals surface area contributed by atoms with Crippen LogP contribution >= 0.6 is 0 Å². The summed E-state index contributed by atoms with van der Waals surface area (Å²) in [4.78, 5) is 1.84. The van der Waals surface area contributed by atoms with Gasteiger partial charge in [-0.25, -0.2) is 8.78 Å². The molecule has 0 bridgehead atoms. The molecule has 5 heteroatoms. The van der Waals surface area contributed by atoms with Gasteiger partial charge in [-0.2, -0.15) is 0 Å². The van der Waals surface area contributed by atoms with E-state index in [1.165, 1.54) is 6.07 Å². The minimum atomic E-state index is -0.685. The maximum atomic E-state index is 14.0. The summed E-state index contributed by atoms with van der Waals surface area (Å²) >= 11 is 0. The van der Waals surface area contributed by atoms with E-state index in [9.17, 15) is 13.8 Å². The zero-order valence-electron chi connectivity index (χ0n) is 12.2. The monoisotopic (exact) mass is 299 g/mol. The summed E-state index contributed by atoms with van der Waals surface area (Å²) < 4.78 is 27.4. The summed E-state index contributed by atoms with van der Waals surface area (Å²) in [6, 6.07) is 13.0. The molecule has 1 aliphatic heterocycles. The van der Waals surface area contributed by atoms with Gasteiger partial charge in [0.15, 0.2) is 0 Å². The molecule has 2 nitrogen and oxygen atoms in total. The van der Waals surface area contributed by atoms with E-state index in [0.717, 1.165) is 17.7 Å². The molecule has 0 aliphatic carbocycles. The highest BCUT2D eigenvalue weighted by Gasteiger charge is 2.32. The Kier molecular flexibility index (Phi) is 4.09. The molecule has 1 aliphatic rings. The molecule has 2 aromatic rings. The molecule has 0 aromatic heterocycles. The maximum Gasteiger partial charge on any atom is 0.377 e. The molecule has 0 unspecified atom stereocenters. The Morgan fingerprint density at radius 1 is 1.14 bits per heavy atom. The Hall–Kier alpha value is -1.98. The largest absolute Gasteiger partial charge is 0.437 e. The van der Waals surface area contributed by atoms with Crippen LogP contribution in [-0.4, -0.2) is 23.4 Å². The standard InChI is InChI=1S/C17H16BF2NO/c1-18(22)21-11-13(15-10-14(19)7-8-16(15)20)9-17(21)12-5-3-2-4-6-12/h2-10,17,22H,11H2,1H3/t17-/m0/s1. The molecule has 1 heterocycles. The van der Waals surface area contributed by atoms with Crippen LogP contribution < -0.4 is 0 Å². The van der Waals surface area contributed by atoms with Crippen LogP contribution in [0.3, 0.4) is 0 Å². The van der Waals surface area contributed by atoms with Gasteiger partial charge in [-0.3, -0.25) is 0 Å². The lowest BCUT2D eigenvalue weighted by atomic mass is 9.83. The summed E-state index contributed by atoms with van der Waals surface area (Å²) in [5.41, 5.74) is 1.95. The topological polar surface area (TPSA) is 23.5 Å². The van der Waals surface area contributed by atoms with Gasteiger partial charge in [0.05, 0.1) is 0 Å². The number of benzene rings is 2. The fraction of sp³-hybridized carbons (Fsp3) is 0.176. The predicted molar refractivity (Wildman–Crippen MR) is 84.1 cm³/mol. The van der Waals surface area contributed by atoms with Crippen LogP contribution in [-0.2, 0) is 0 Å². The summed E-state index contributed by atoms with van der Waals surface area (Å²) in [6.45, 7) is 2.05. The van der Waals surface area contributed by atoms with Crippen molar-refractivity contribution in [2.45, 2.75) is 12.9 Å². The van der Waals surface area contributed by atoms with Crippen molar-refractivity contribution < 1.29 is 13.8 Å². The summed E-state index contributed by atoms with van der Waals surface area (Å²) in [7, 11) is -0.685. The summed E-state index contributed by atoms with van der Waals surface area (Å²) in [6.07, 6.45) is 1.89. The normalized spacial score (nSPS) is 18.4. The van der Waals surface area contributed by atoms with Crippen LogP contribution in [0.15, 0.2) is 54.6 Å². The number of rotatable bonds is 3. The molecule has 0 saturated carbocycles. The average molecular weight is 299 g/mol. The lowest BCUT2D eigenvalue weighted by Crippen LogP contribution is -2.37. The van der Waals surface area contributed by atoms with Gasteiger partial charge in [0.25, 0.3) is 0 Å². The van der Waals surface area contributed by atoms with Crippen molar-refractivity contribution in [3.05, 3.63) is 77.4 Å². The van der Waals surface area contributed by atoms with E-state index in [2.05, 4.69) is 0 Å². The van der Waals surface area contributed by atoms with Crippen molar-refractivity contribution in [2.24, 2.45) is 0 Å². The van der Waals surface area contributed by atoms with Crippen molar-refractivity contribution in [3.63, 3.8) is 0 Å². The van der Waals surface area contributed by atoms with E-state index in [-0.39, 0.29) is 11.6 Å². The van der Waals surface area contributed by atoms with Gasteiger partial charge in [0.1, 0.15) is 11.6 Å². The van der Waals surface area contributed by atoms with Crippen LogP contribution in [0.5, 0.6) is 0 Å². The second-order valence-electron chi connectivity index (χ2n) is 5.48. The quantitative estimate of drug-likeness (QED) is 0.877. The highest BCUT2D eigenvalue weighted by atomic mass is 19.1. The molecule has 0 fully saturated rings. The zero-order chi connectivity index (χ0) is 15.7. The first-order valence-corrected chi connectivity index (χ1v) is 7.21. The molecule has 0 amide bonds. The first kappa shape index (κ1) is 14.9. The van der Waals surface area contributed by atoms with Gasteiger partial charge in [0, 0.05) is 18.2 Å². The molecular formula is C17H16BF2NO. The van der Waals surface area contributed by atoms with E-state index in [0.29, 0.717) is 12.1 Å². The van der Waals surface area contributed by atoms with Gasteiger partial charge < -0.3 is 9.83 Å². The van der Waals surface area contributed by atoms with Crippen molar-refractivity contribution in [3.8, 4) is 0 Å². The Morgan fingerprint density at radius 2 is 1.86 bits per heavy atom. The van der Waals surface area contributed by atoms with Crippen LogP contribution in [0.2, 0.25) is 6.82 Å². The second-order valence-corrected chi connectivity index (χ2v) is 5.48. The van der Waals surface area contributed by atoms with Crippen LogP contribution in [0.4, 0.5) is 8.78 Å². The van der Waals surface area contributed by atoms with Crippen LogP contribution in [0.25, 0.3) is 5.57 Å². The van der Waals surface area contributed by atoms with Crippen LogP contribution in [0.1, 0.15) is 17.2 Å². The third-order valence-electron chi connectivity index (χ3n) is 3.96. The second kappa shape index (κ2) is 6.03. The van der Waals surface area contributed by atoms with E-state index in [1.807, 2.05) is 41.2 Å². The fourth-order valence-corrected chi connectivity index (χ4v) is 2.86. The van der Waals surface area contributed by atoms with Gasteiger partial charge in [-0.1, -0.05) is 36.4 Å². The van der Waals surface area contributed by atoms with E-state index in [4.69, 9.17) is 0 Å². The summed E-state index contributed by atoms with van der Waals surface area (Å²) in [5.74, 6) is -0.920. The van der Waals surface area contributed by atoms with E-state index < -0.39 is 18.7 Å². The summed E-state index contributed by atoms with van der Waals surface area (Å²) in [5, 5.41) is 10.00. The predicted octanol–water partition coefficient (Wildman–Crippen LogP) is 3.52. The molecule has 22 heavy (non-hydrogen) atoms. The molecule has 2 aromatic carbocycles. The van der Waals surface area contributed by atoms with Crippen LogP contribution in [0, 0.1) is 11.6 Å². The number of hydrogen-bond acceptors (Lipinski definition) is 2. The molecule has 1 atom stereocenters. The van der Waals surface area contributed by atoms with Crippen molar-refractivity contribution in [1.82, 2.24) is 4.81 Å². The third-order valence-corrected chi connectivity index (χ3v) is 3.96. The molecule has 3 rings (SSSR count). The lowest BCUT2D eigenvalue weighted by Gasteiger charge is -2.25. The molecule has 0 spiro atoms. The van der Waals surface area contributed by atoms with Gasteiger partial charge in [-0.05, 0) is 36.2 Å². The minimum Gasteiger partial charge on any atom is -0.437 e.